The standard InChI is InChI=1S/C12H17N3S/c1-8-5-11(15(4)14-8)12(13-3)10-6-9(2)16-7-10/h5-7,12-13H,1-4H3. The molecule has 0 radical (unpaired) electrons. The van der Waals surface area contributed by atoms with Gasteiger partial charge in [0.25, 0.3) is 0 Å². The largest absolute Gasteiger partial charge is 0.308 e. The number of rotatable bonds is 3. The zero-order valence-electron chi connectivity index (χ0n) is 10.1. The van der Waals surface area contributed by atoms with E-state index in [0.717, 1.165) is 5.69 Å². The minimum Gasteiger partial charge on any atom is -0.308 e. The molecule has 86 valence electrons. The van der Waals surface area contributed by atoms with E-state index in [1.165, 1.54) is 16.1 Å². The third-order valence-electron chi connectivity index (χ3n) is 2.71. The number of hydrogen-bond acceptors (Lipinski definition) is 3. The second-order valence-corrected chi connectivity index (χ2v) is 5.16. The van der Waals surface area contributed by atoms with E-state index in [1.54, 1.807) is 11.3 Å². The molecule has 1 unspecified atom stereocenters. The third kappa shape index (κ3) is 2.03. The Kier molecular flexibility index (Phi) is 3.12. The van der Waals surface area contributed by atoms with Crippen LogP contribution >= 0.6 is 11.3 Å². The molecular formula is C12H17N3S. The van der Waals surface area contributed by atoms with Crippen LogP contribution in [0.2, 0.25) is 0 Å². The molecule has 0 spiro atoms. The molecule has 16 heavy (non-hydrogen) atoms. The lowest BCUT2D eigenvalue weighted by molar-refractivity contribution is 0.606. The molecule has 1 N–H and O–H groups in total. The number of thiophene rings is 1. The van der Waals surface area contributed by atoms with Crippen LogP contribution in [0.15, 0.2) is 17.5 Å². The van der Waals surface area contributed by atoms with E-state index in [2.05, 4.69) is 34.9 Å². The van der Waals surface area contributed by atoms with Crippen LogP contribution in [0.25, 0.3) is 0 Å². The molecular weight excluding hydrogens is 218 g/mol. The summed E-state index contributed by atoms with van der Waals surface area (Å²) in [5, 5.41) is 9.95. The minimum absolute atomic E-state index is 0.233. The van der Waals surface area contributed by atoms with Gasteiger partial charge in [-0.1, -0.05) is 0 Å². The summed E-state index contributed by atoms with van der Waals surface area (Å²) in [7, 11) is 3.98. The summed E-state index contributed by atoms with van der Waals surface area (Å²) >= 11 is 1.79. The summed E-state index contributed by atoms with van der Waals surface area (Å²) in [5.74, 6) is 0. The second-order valence-electron chi connectivity index (χ2n) is 4.05. The van der Waals surface area contributed by atoms with Crippen LogP contribution in [0.3, 0.4) is 0 Å². The smallest absolute Gasteiger partial charge is 0.0754 e. The van der Waals surface area contributed by atoms with Gasteiger partial charge in [-0.15, -0.1) is 11.3 Å². The van der Waals surface area contributed by atoms with Crippen molar-refractivity contribution in [3.05, 3.63) is 39.3 Å². The van der Waals surface area contributed by atoms with Crippen molar-refractivity contribution >= 4 is 11.3 Å². The summed E-state index contributed by atoms with van der Waals surface area (Å²) in [4.78, 5) is 1.34. The van der Waals surface area contributed by atoms with Crippen LogP contribution in [-0.2, 0) is 7.05 Å². The predicted molar refractivity (Wildman–Crippen MR) is 67.9 cm³/mol. The van der Waals surface area contributed by atoms with Crippen LogP contribution in [0.5, 0.6) is 0 Å². The Hall–Kier alpha value is -1.13. The van der Waals surface area contributed by atoms with E-state index in [4.69, 9.17) is 0 Å². The van der Waals surface area contributed by atoms with Gasteiger partial charge in [0, 0.05) is 11.9 Å². The number of hydrogen-bond donors (Lipinski definition) is 1. The molecule has 0 fully saturated rings. The maximum Gasteiger partial charge on any atom is 0.0754 e. The molecule has 0 aliphatic carbocycles. The second kappa shape index (κ2) is 4.39. The molecule has 0 aromatic carbocycles. The van der Waals surface area contributed by atoms with Crippen molar-refractivity contribution in [1.29, 1.82) is 0 Å². The lowest BCUT2D eigenvalue weighted by Crippen LogP contribution is -2.19. The molecule has 1 atom stereocenters. The van der Waals surface area contributed by atoms with Gasteiger partial charge in [-0.25, -0.2) is 0 Å². The fraction of sp³-hybridized carbons (Fsp3) is 0.417. The van der Waals surface area contributed by atoms with Crippen LogP contribution in [-0.4, -0.2) is 16.8 Å². The van der Waals surface area contributed by atoms with E-state index in [0.29, 0.717) is 0 Å². The van der Waals surface area contributed by atoms with Crippen molar-refractivity contribution in [2.75, 3.05) is 7.05 Å². The van der Waals surface area contributed by atoms with Crippen molar-refractivity contribution in [3.8, 4) is 0 Å². The normalized spacial score (nSPS) is 13.0. The molecule has 0 aliphatic rings. The zero-order chi connectivity index (χ0) is 11.7. The molecule has 2 aromatic rings. The van der Waals surface area contributed by atoms with Crippen molar-refractivity contribution in [1.82, 2.24) is 15.1 Å². The molecule has 0 amide bonds. The summed E-state index contributed by atoms with van der Waals surface area (Å²) < 4.78 is 1.95. The van der Waals surface area contributed by atoms with Crippen LogP contribution in [0, 0.1) is 13.8 Å². The topological polar surface area (TPSA) is 29.9 Å². The summed E-state index contributed by atoms with van der Waals surface area (Å²) in [6.07, 6.45) is 0. The highest BCUT2D eigenvalue weighted by atomic mass is 32.1. The molecule has 4 heteroatoms. The van der Waals surface area contributed by atoms with E-state index in [1.807, 2.05) is 25.7 Å². The summed E-state index contributed by atoms with van der Waals surface area (Å²) in [6.45, 7) is 4.16. The number of nitrogens with zero attached hydrogens (tertiary/aromatic N) is 2. The first-order chi connectivity index (χ1) is 7.61. The average Bonchev–Trinajstić information content (AvgIpc) is 2.76. The Labute approximate surface area is 100 Å². The van der Waals surface area contributed by atoms with Gasteiger partial charge in [-0.3, -0.25) is 4.68 Å². The first kappa shape index (κ1) is 11.4. The molecule has 2 rings (SSSR count). The highest BCUT2D eigenvalue weighted by molar-refractivity contribution is 7.10. The number of nitrogens with one attached hydrogen (secondary N) is 1. The predicted octanol–water partition coefficient (Wildman–Crippen LogP) is 2.41. The molecule has 0 aliphatic heterocycles. The first-order valence-corrected chi connectivity index (χ1v) is 6.22. The van der Waals surface area contributed by atoms with Gasteiger partial charge in [-0.05, 0) is 44.0 Å². The first-order valence-electron chi connectivity index (χ1n) is 5.34. The van der Waals surface area contributed by atoms with Gasteiger partial charge in [0.15, 0.2) is 0 Å². The van der Waals surface area contributed by atoms with E-state index < -0.39 is 0 Å². The van der Waals surface area contributed by atoms with Gasteiger partial charge in [-0.2, -0.15) is 5.10 Å². The molecule has 2 aromatic heterocycles. The highest BCUT2D eigenvalue weighted by Gasteiger charge is 2.17. The SMILES string of the molecule is CNC(c1csc(C)c1)c1cc(C)nn1C. The Morgan fingerprint density at radius 2 is 2.12 bits per heavy atom. The maximum atomic E-state index is 4.39. The van der Waals surface area contributed by atoms with Crippen LogP contribution in [0.4, 0.5) is 0 Å². The summed E-state index contributed by atoms with van der Waals surface area (Å²) in [6, 6.07) is 4.60. The van der Waals surface area contributed by atoms with Crippen LogP contribution in [0.1, 0.15) is 27.9 Å². The fourth-order valence-electron chi connectivity index (χ4n) is 2.00. The zero-order valence-corrected chi connectivity index (χ0v) is 10.9. The Morgan fingerprint density at radius 3 is 2.56 bits per heavy atom. The van der Waals surface area contributed by atoms with Gasteiger partial charge < -0.3 is 5.32 Å². The maximum absolute atomic E-state index is 4.39. The van der Waals surface area contributed by atoms with E-state index in [-0.39, 0.29) is 6.04 Å². The van der Waals surface area contributed by atoms with Crippen LogP contribution < -0.4 is 5.32 Å². The number of aryl methyl sites for hydroxylation is 3. The third-order valence-corrected chi connectivity index (χ3v) is 3.59. The molecule has 3 nitrogen and oxygen atoms in total. The lowest BCUT2D eigenvalue weighted by atomic mass is 10.1. The van der Waals surface area contributed by atoms with Crippen molar-refractivity contribution in [2.24, 2.45) is 7.05 Å². The Morgan fingerprint density at radius 1 is 1.38 bits per heavy atom. The average molecular weight is 235 g/mol. The Bertz CT molecular complexity index is 484. The van der Waals surface area contributed by atoms with Gasteiger partial charge in [0.2, 0.25) is 0 Å². The van der Waals surface area contributed by atoms with Crippen molar-refractivity contribution in [2.45, 2.75) is 19.9 Å². The molecule has 0 saturated carbocycles. The lowest BCUT2D eigenvalue weighted by Gasteiger charge is -2.15. The quantitative estimate of drug-likeness (QED) is 0.885. The number of aromatic nitrogens is 2. The monoisotopic (exact) mass is 235 g/mol. The van der Waals surface area contributed by atoms with E-state index >= 15 is 0 Å². The van der Waals surface area contributed by atoms with Crippen molar-refractivity contribution < 1.29 is 0 Å². The van der Waals surface area contributed by atoms with Gasteiger partial charge in [0.1, 0.15) is 0 Å². The van der Waals surface area contributed by atoms with E-state index in [9.17, 15) is 0 Å². The van der Waals surface area contributed by atoms with Gasteiger partial charge in [0.05, 0.1) is 17.4 Å². The molecule has 0 bridgehead atoms. The summed E-state index contributed by atoms with van der Waals surface area (Å²) in [5.41, 5.74) is 3.58. The fourth-order valence-corrected chi connectivity index (χ4v) is 2.73. The Balaban J connectivity index is 2.40. The molecule has 2 heterocycles. The highest BCUT2D eigenvalue weighted by Crippen LogP contribution is 2.26. The minimum atomic E-state index is 0.233. The van der Waals surface area contributed by atoms with Crippen molar-refractivity contribution in [3.63, 3.8) is 0 Å². The van der Waals surface area contributed by atoms with Gasteiger partial charge >= 0.3 is 0 Å². The molecule has 0 saturated heterocycles.